The largest absolute Gasteiger partial charge is 0.491 e. The Labute approximate surface area is 203 Å². The molecule has 1 aliphatic rings. The summed E-state index contributed by atoms with van der Waals surface area (Å²) in [7, 11) is 3.49. The van der Waals surface area contributed by atoms with Gasteiger partial charge in [0.05, 0.1) is 6.61 Å². The molecule has 6 nitrogen and oxygen atoms in total. The molecular formula is C24H35IN4O2. The molecule has 170 valence electrons. The first-order chi connectivity index (χ1) is 14.7. The van der Waals surface area contributed by atoms with E-state index in [0.717, 1.165) is 31.2 Å². The van der Waals surface area contributed by atoms with Gasteiger partial charge in [-0.25, -0.2) is 0 Å². The average molecular weight is 538 g/mol. The lowest BCUT2D eigenvalue weighted by atomic mass is 10.2. The van der Waals surface area contributed by atoms with E-state index in [1.165, 1.54) is 11.1 Å². The third kappa shape index (κ3) is 8.31. The molecule has 0 aromatic heterocycles. The fourth-order valence-electron chi connectivity index (χ4n) is 3.76. The van der Waals surface area contributed by atoms with Crippen LogP contribution in [-0.2, 0) is 17.8 Å². The molecule has 2 N–H and O–H groups in total. The second-order valence-corrected chi connectivity index (χ2v) is 7.75. The van der Waals surface area contributed by atoms with Gasteiger partial charge >= 0.3 is 0 Å². The number of guanidine groups is 1. The lowest BCUT2D eigenvalue weighted by molar-refractivity contribution is 0.146. The summed E-state index contributed by atoms with van der Waals surface area (Å²) in [5.41, 5.74) is 2.55. The quantitative estimate of drug-likeness (QED) is 0.221. The Kier molecular flexibility index (Phi) is 11.1. The molecule has 2 aromatic carbocycles. The van der Waals surface area contributed by atoms with Gasteiger partial charge in [0.25, 0.3) is 0 Å². The number of hydrogen-bond donors (Lipinski definition) is 2. The van der Waals surface area contributed by atoms with Gasteiger partial charge in [-0.15, -0.1) is 24.0 Å². The van der Waals surface area contributed by atoms with E-state index in [1.54, 1.807) is 7.11 Å². The van der Waals surface area contributed by atoms with Crippen molar-refractivity contribution >= 4 is 29.9 Å². The molecule has 2 aromatic rings. The Bertz CT molecular complexity index is 786. The zero-order chi connectivity index (χ0) is 21.2. The summed E-state index contributed by atoms with van der Waals surface area (Å²) >= 11 is 0. The predicted octanol–water partition coefficient (Wildman–Crippen LogP) is 3.66. The Hall–Kier alpha value is -1.84. The van der Waals surface area contributed by atoms with Crippen molar-refractivity contribution in [2.75, 3.05) is 33.9 Å². The molecule has 7 heteroatoms. The fraction of sp³-hybridized carbons (Fsp3) is 0.458. The zero-order valence-corrected chi connectivity index (χ0v) is 21.0. The van der Waals surface area contributed by atoms with Crippen molar-refractivity contribution in [3.05, 3.63) is 65.7 Å². The minimum atomic E-state index is 0. The maximum absolute atomic E-state index is 5.61. The van der Waals surface area contributed by atoms with Crippen LogP contribution in [-0.4, -0.2) is 56.9 Å². The number of aliphatic imine (C=N–C) groups is 1. The molecule has 1 aliphatic heterocycles. The number of ether oxygens (including phenoxy) is 2. The molecule has 31 heavy (non-hydrogen) atoms. The van der Waals surface area contributed by atoms with E-state index in [2.05, 4.69) is 69.9 Å². The van der Waals surface area contributed by atoms with E-state index in [9.17, 15) is 0 Å². The highest BCUT2D eigenvalue weighted by Gasteiger charge is 2.29. The minimum absolute atomic E-state index is 0. The minimum Gasteiger partial charge on any atom is -0.491 e. The molecule has 0 bridgehead atoms. The number of likely N-dealkylation sites (tertiary alicyclic amines) is 1. The third-order valence-corrected chi connectivity index (χ3v) is 5.44. The van der Waals surface area contributed by atoms with Gasteiger partial charge < -0.3 is 20.1 Å². The summed E-state index contributed by atoms with van der Waals surface area (Å²) in [4.78, 5) is 6.94. The number of rotatable bonds is 9. The molecule has 0 amide bonds. The van der Waals surface area contributed by atoms with Gasteiger partial charge in [0.1, 0.15) is 12.4 Å². The lowest BCUT2D eigenvalue weighted by Crippen LogP contribution is -2.44. The fourth-order valence-corrected chi connectivity index (χ4v) is 3.76. The normalized spacial score (nSPS) is 19.0. The SMILES string of the molecule is CN=C(NCc1ccc(OCCOC)cc1)NC1CC(C)N(Cc2ccccc2)C1.I. The van der Waals surface area contributed by atoms with E-state index < -0.39 is 0 Å². The first-order valence-electron chi connectivity index (χ1n) is 10.6. The van der Waals surface area contributed by atoms with Crippen LogP contribution < -0.4 is 15.4 Å². The number of nitrogens with zero attached hydrogens (tertiary/aromatic N) is 2. The van der Waals surface area contributed by atoms with E-state index in [4.69, 9.17) is 9.47 Å². The third-order valence-electron chi connectivity index (χ3n) is 5.44. The van der Waals surface area contributed by atoms with Crippen LogP contribution in [0.2, 0.25) is 0 Å². The van der Waals surface area contributed by atoms with Crippen molar-refractivity contribution in [3.8, 4) is 5.75 Å². The monoisotopic (exact) mass is 538 g/mol. The van der Waals surface area contributed by atoms with Crippen molar-refractivity contribution in [1.29, 1.82) is 0 Å². The second kappa shape index (κ2) is 13.5. The van der Waals surface area contributed by atoms with E-state index in [0.29, 0.717) is 31.8 Å². The maximum atomic E-state index is 5.61. The molecule has 3 rings (SSSR count). The number of halogens is 1. The van der Waals surface area contributed by atoms with Crippen molar-refractivity contribution in [3.63, 3.8) is 0 Å². The van der Waals surface area contributed by atoms with Gasteiger partial charge in [0.15, 0.2) is 5.96 Å². The molecule has 0 saturated carbocycles. The molecule has 1 saturated heterocycles. The highest BCUT2D eigenvalue weighted by atomic mass is 127. The van der Waals surface area contributed by atoms with Gasteiger partial charge in [0, 0.05) is 45.9 Å². The van der Waals surface area contributed by atoms with Crippen molar-refractivity contribution in [1.82, 2.24) is 15.5 Å². The average Bonchev–Trinajstić information content (AvgIpc) is 3.11. The predicted molar refractivity (Wildman–Crippen MR) is 137 cm³/mol. The Morgan fingerprint density at radius 3 is 2.48 bits per heavy atom. The van der Waals surface area contributed by atoms with Crippen LogP contribution >= 0.6 is 24.0 Å². The Morgan fingerprint density at radius 2 is 1.81 bits per heavy atom. The standard InChI is InChI=1S/C24H34N4O2.HI/c1-19-15-22(18-28(19)17-21-7-5-4-6-8-21)27-24(25-2)26-16-20-9-11-23(12-10-20)30-14-13-29-3;/h4-12,19,22H,13-18H2,1-3H3,(H2,25,26,27);1H. The lowest BCUT2D eigenvalue weighted by Gasteiger charge is -2.21. The summed E-state index contributed by atoms with van der Waals surface area (Å²) in [5.74, 6) is 1.70. The Morgan fingerprint density at radius 1 is 1.06 bits per heavy atom. The van der Waals surface area contributed by atoms with Crippen LogP contribution in [0.25, 0.3) is 0 Å². The van der Waals surface area contributed by atoms with E-state index in [-0.39, 0.29) is 24.0 Å². The summed E-state index contributed by atoms with van der Waals surface area (Å²) in [6.45, 7) is 6.18. The number of methoxy groups -OCH3 is 1. The number of nitrogens with one attached hydrogen (secondary N) is 2. The van der Waals surface area contributed by atoms with Crippen LogP contribution in [0, 0.1) is 0 Å². The van der Waals surface area contributed by atoms with E-state index in [1.807, 2.05) is 19.2 Å². The summed E-state index contributed by atoms with van der Waals surface area (Å²) < 4.78 is 10.6. The molecule has 0 radical (unpaired) electrons. The van der Waals surface area contributed by atoms with E-state index >= 15 is 0 Å². The first-order valence-corrected chi connectivity index (χ1v) is 10.6. The highest BCUT2D eigenvalue weighted by Crippen LogP contribution is 2.20. The molecule has 1 heterocycles. The van der Waals surface area contributed by atoms with Crippen LogP contribution in [0.3, 0.4) is 0 Å². The van der Waals surface area contributed by atoms with Crippen LogP contribution in [0.1, 0.15) is 24.5 Å². The van der Waals surface area contributed by atoms with Gasteiger partial charge in [0.2, 0.25) is 0 Å². The number of benzene rings is 2. The van der Waals surface area contributed by atoms with Crippen molar-refractivity contribution in [2.24, 2.45) is 4.99 Å². The molecule has 1 fully saturated rings. The maximum Gasteiger partial charge on any atom is 0.191 e. The van der Waals surface area contributed by atoms with Gasteiger partial charge in [-0.1, -0.05) is 42.5 Å². The highest BCUT2D eigenvalue weighted by molar-refractivity contribution is 14.0. The summed E-state index contributed by atoms with van der Waals surface area (Å²) in [6.07, 6.45) is 1.11. The topological polar surface area (TPSA) is 58.1 Å². The Balaban J connectivity index is 0.00000341. The molecule has 0 aliphatic carbocycles. The smallest absolute Gasteiger partial charge is 0.191 e. The summed E-state index contributed by atoms with van der Waals surface area (Å²) in [5, 5.41) is 7.01. The molecule has 0 spiro atoms. The van der Waals surface area contributed by atoms with Crippen LogP contribution in [0.5, 0.6) is 5.75 Å². The van der Waals surface area contributed by atoms with Gasteiger partial charge in [-0.05, 0) is 36.6 Å². The zero-order valence-electron chi connectivity index (χ0n) is 18.7. The van der Waals surface area contributed by atoms with Crippen molar-refractivity contribution < 1.29 is 9.47 Å². The van der Waals surface area contributed by atoms with Gasteiger partial charge in [-0.2, -0.15) is 0 Å². The summed E-state index contributed by atoms with van der Waals surface area (Å²) in [6, 6.07) is 19.7. The second-order valence-electron chi connectivity index (χ2n) is 7.75. The molecule has 2 unspecified atom stereocenters. The van der Waals surface area contributed by atoms with Crippen molar-refractivity contribution in [2.45, 2.75) is 38.5 Å². The first kappa shape index (κ1) is 25.4. The van der Waals surface area contributed by atoms with Crippen LogP contribution in [0.15, 0.2) is 59.6 Å². The molecular weight excluding hydrogens is 503 g/mol. The number of hydrogen-bond acceptors (Lipinski definition) is 4. The van der Waals surface area contributed by atoms with Gasteiger partial charge in [-0.3, -0.25) is 9.89 Å². The van der Waals surface area contributed by atoms with Crippen LogP contribution in [0.4, 0.5) is 0 Å². The molecule has 2 atom stereocenters.